The molecule has 0 saturated heterocycles. The maximum Gasteiger partial charge on any atom is 0.323 e. The fourth-order valence-corrected chi connectivity index (χ4v) is 2.97. The van der Waals surface area contributed by atoms with E-state index in [0.29, 0.717) is 24.8 Å². The summed E-state index contributed by atoms with van der Waals surface area (Å²) in [7, 11) is 0. The van der Waals surface area contributed by atoms with E-state index < -0.39 is 30.1 Å². The Hall–Kier alpha value is -2.94. The molecule has 1 rings (SSSR count). The number of hydrogen-bond acceptors (Lipinski definition) is 9. The summed E-state index contributed by atoms with van der Waals surface area (Å²) in [5, 5.41) is 0. The average Bonchev–Trinajstić information content (AvgIpc) is 2.86. The van der Waals surface area contributed by atoms with Gasteiger partial charge in [0.2, 0.25) is 0 Å². The summed E-state index contributed by atoms with van der Waals surface area (Å²) in [6, 6.07) is 3.69. The van der Waals surface area contributed by atoms with E-state index in [1.807, 2.05) is 27.7 Å². The quantitative estimate of drug-likeness (QED) is 0.264. The van der Waals surface area contributed by atoms with Crippen molar-refractivity contribution in [2.24, 2.45) is 23.5 Å². The molecule has 0 radical (unpaired) electrons. The lowest BCUT2D eigenvalue weighted by atomic mass is 10.1. The first-order valence-corrected chi connectivity index (χ1v) is 13.1. The second-order valence-electron chi connectivity index (χ2n) is 9.70. The molecule has 3 unspecified atom stereocenters. The van der Waals surface area contributed by atoms with Crippen molar-refractivity contribution in [3.8, 4) is 11.5 Å². The van der Waals surface area contributed by atoms with Crippen molar-refractivity contribution in [2.45, 2.75) is 92.7 Å². The third-order valence-corrected chi connectivity index (χ3v) is 6.22. The smallest absolute Gasteiger partial charge is 0.323 e. The minimum absolute atomic E-state index is 0.0851. The molecule has 0 heterocycles. The Labute approximate surface area is 220 Å². The normalized spacial score (nSPS) is 15.0. The van der Waals surface area contributed by atoms with Crippen LogP contribution in [0.25, 0.3) is 0 Å². The van der Waals surface area contributed by atoms with Gasteiger partial charge in [0.25, 0.3) is 0 Å². The predicted octanol–water partition coefficient (Wildman–Crippen LogP) is 4.37. The lowest BCUT2D eigenvalue weighted by molar-refractivity contribution is -0.159. The van der Waals surface area contributed by atoms with E-state index in [-0.39, 0.29) is 48.2 Å². The zero-order valence-corrected chi connectivity index (χ0v) is 23.2. The minimum atomic E-state index is -1.00. The molecule has 0 amide bonds. The first-order valence-electron chi connectivity index (χ1n) is 13.1. The molecule has 9 nitrogen and oxygen atoms in total. The number of carbonyl (C=O) groups excluding carboxylic acids is 4. The molecule has 0 saturated carbocycles. The van der Waals surface area contributed by atoms with Gasteiger partial charge in [-0.3, -0.25) is 19.2 Å². The van der Waals surface area contributed by atoms with Crippen LogP contribution in [0, 0.1) is 17.8 Å². The summed E-state index contributed by atoms with van der Waals surface area (Å²) in [4.78, 5) is 49.1. The topological polar surface area (TPSA) is 131 Å². The van der Waals surface area contributed by atoms with Crippen LogP contribution in [0.5, 0.6) is 11.5 Å². The molecule has 2 N–H and O–H groups in total. The van der Waals surface area contributed by atoms with Gasteiger partial charge >= 0.3 is 23.9 Å². The van der Waals surface area contributed by atoms with Crippen LogP contribution in [-0.2, 0) is 35.1 Å². The zero-order valence-electron chi connectivity index (χ0n) is 23.2. The number of ether oxygens (including phenoxy) is 4. The summed E-state index contributed by atoms with van der Waals surface area (Å²) in [5.41, 5.74) is 6.63. The maximum atomic E-state index is 12.4. The Morgan fingerprint density at radius 2 is 1.38 bits per heavy atom. The second-order valence-corrected chi connectivity index (χ2v) is 9.70. The second kappa shape index (κ2) is 16.0. The van der Waals surface area contributed by atoms with Crippen LogP contribution in [0.4, 0.5) is 0 Å². The molecule has 9 heteroatoms. The molecule has 0 spiro atoms. The van der Waals surface area contributed by atoms with E-state index in [1.165, 1.54) is 12.1 Å². The van der Waals surface area contributed by atoms with Gasteiger partial charge in [0.05, 0.1) is 11.8 Å². The first-order chi connectivity index (χ1) is 17.4. The Balaban J connectivity index is 2.85. The van der Waals surface area contributed by atoms with Crippen LogP contribution < -0.4 is 15.2 Å². The summed E-state index contributed by atoms with van der Waals surface area (Å²) in [6.07, 6.45) is 1.86. The Bertz CT molecular complexity index is 915. The molecule has 0 bridgehead atoms. The first kappa shape index (κ1) is 32.1. The fourth-order valence-electron chi connectivity index (χ4n) is 2.97. The van der Waals surface area contributed by atoms with E-state index in [4.69, 9.17) is 24.7 Å². The van der Waals surface area contributed by atoms with E-state index >= 15 is 0 Å². The third-order valence-electron chi connectivity index (χ3n) is 6.22. The van der Waals surface area contributed by atoms with Crippen molar-refractivity contribution in [2.75, 3.05) is 6.61 Å². The van der Waals surface area contributed by atoms with Crippen molar-refractivity contribution in [1.29, 1.82) is 0 Å². The van der Waals surface area contributed by atoms with Crippen LogP contribution in [0.3, 0.4) is 0 Å². The van der Waals surface area contributed by atoms with Crippen molar-refractivity contribution < 1.29 is 38.1 Å². The molecule has 0 fully saturated rings. The average molecular weight is 522 g/mol. The van der Waals surface area contributed by atoms with Gasteiger partial charge < -0.3 is 24.7 Å². The van der Waals surface area contributed by atoms with Crippen LogP contribution >= 0.6 is 0 Å². The molecule has 0 aliphatic carbocycles. The van der Waals surface area contributed by atoms with E-state index in [9.17, 15) is 19.2 Å². The minimum Gasteiger partial charge on any atom is -0.461 e. The molecule has 0 aliphatic heterocycles. The van der Waals surface area contributed by atoms with Gasteiger partial charge in [-0.15, -0.1) is 0 Å². The maximum absolute atomic E-state index is 12.4. The lowest BCUT2D eigenvalue weighted by Crippen LogP contribution is -2.36. The number of nitrogens with two attached hydrogens (primary N) is 1. The molecule has 5 atom stereocenters. The van der Waals surface area contributed by atoms with Gasteiger partial charge in [-0.05, 0) is 49.8 Å². The van der Waals surface area contributed by atoms with Crippen molar-refractivity contribution in [1.82, 2.24) is 0 Å². The summed E-state index contributed by atoms with van der Waals surface area (Å²) in [5.74, 6) is -2.13. The monoisotopic (exact) mass is 521 g/mol. The summed E-state index contributed by atoms with van der Waals surface area (Å²) < 4.78 is 21.5. The van der Waals surface area contributed by atoms with Gasteiger partial charge in [0.15, 0.2) is 11.5 Å². The highest BCUT2D eigenvalue weighted by Crippen LogP contribution is 2.31. The number of esters is 4. The van der Waals surface area contributed by atoms with Crippen molar-refractivity contribution >= 4 is 23.9 Å². The van der Waals surface area contributed by atoms with Crippen molar-refractivity contribution in [3.05, 3.63) is 23.8 Å². The van der Waals surface area contributed by atoms with Crippen LogP contribution in [-0.4, -0.2) is 42.6 Å². The highest BCUT2D eigenvalue weighted by molar-refractivity contribution is 5.79. The fraction of sp³-hybridized carbons (Fsp3) is 0.643. The van der Waals surface area contributed by atoms with E-state index in [1.54, 1.807) is 26.8 Å². The predicted molar refractivity (Wildman–Crippen MR) is 139 cm³/mol. The standard InChI is InChI=1S/C28H43NO8/c1-8-17(4)13-25(30)35-20(7)16-34-28(33)22(29)14-21-11-12-23(36-26(31)18(5)9-2)24(15-21)37-27(32)19(6)10-3/h11-12,15,17-20,22H,8-10,13-14,16,29H2,1-7H3/t17?,18?,19?,20-,22-/m0/s1. The molecule has 208 valence electrons. The van der Waals surface area contributed by atoms with E-state index in [0.717, 1.165) is 6.42 Å². The van der Waals surface area contributed by atoms with Crippen molar-refractivity contribution in [3.63, 3.8) is 0 Å². The Morgan fingerprint density at radius 1 is 0.811 bits per heavy atom. The molecule has 0 aliphatic rings. The molecular formula is C28H43NO8. The van der Waals surface area contributed by atoms with Crippen LogP contribution in [0.2, 0.25) is 0 Å². The molecule has 1 aromatic carbocycles. The molecule has 37 heavy (non-hydrogen) atoms. The Kier molecular flexibility index (Phi) is 13.9. The number of benzene rings is 1. The lowest BCUT2D eigenvalue weighted by Gasteiger charge is -2.18. The van der Waals surface area contributed by atoms with Crippen LogP contribution in [0.1, 0.15) is 79.7 Å². The van der Waals surface area contributed by atoms with Gasteiger partial charge in [-0.1, -0.05) is 54.0 Å². The van der Waals surface area contributed by atoms with Gasteiger partial charge in [-0.2, -0.15) is 0 Å². The number of carbonyl (C=O) groups is 4. The highest BCUT2D eigenvalue weighted by Gasteiger charge is 2.23. The Morgan fingerprint density at radius 3 is 1.92 bits per heavy atom. The van der Waals surface area contributed by atoms with Crippen LogP contribution in [0.15, 0.2) is 18.2 Å². The molecular weight excluding hydrogens is 478 g/mol. The summed E-state index contributed by atoms with van der Waals surface area (Å²) >= 11 is 0. The number of hydrogen-bond donors (Lipinski definition) is 1. The SMILES string of the molecule is CCC(C)CC(=O)O[C@@H](C)COC(=O)[C@@H](N)Cc1ccc(OC(=O)C(C)CC)c(OC(=O)C(C)CC)c1. The van der Waals surface area contributed by atoms with E-state index in [2.05, 4.69) is 0 Å². The van der Waals surface area contributed by atoms with Gasteiger partial charge in [0, 0.05) is 6.42 Å². The largest absolute Gasteiger partial charge is 0.461 e. The summed E-state index contributed by atoms with van der Waals surface area (Å²) in [6.45, 7) is 12.7. The van der Waals surface area contributed by atoms with Gasteiger partial charge in [-0.25, -0.2) is 0 Å². The zero-order chi connectivity index (χ0) is 28.1. The number of rotatable bonds is 15. The highest BCUT2D eigenvalue weighted by atomic mass is 16.6. The van der Waals surface area contributed by atoms with Gasteiger partial charge in [0.1, 0.15) is 18.8 Å². The third kappa shape index (κ3) is 11.3. The molecule has 1 aromatic rings. The molecule has 0 aromatic heterocycles.